The molecule has 0 aliphatic heterocycles. The Hall–Kier alpha value is -3.02. The first-order valence-electron chi connectivity index (χ1n) is 8.50. The summed E-state index contributed by atoms with van der Waals surface area (Å²) in [4.78, 5) is 23.3. The fourth-order valence-corrected chi connectivity index (χ4v) is 2.34. The lowest BCUT2D eigenvalue weighted by molar-refractivity contribution is -0.137. The summed E-state index contributed by atoms with van der Waals surface area (Å²) in [6.45, 7) is 2.45. The van der Waals surface area contributed by atoms with Gasteiger partial charge in [-0.25, -0.2) is 0 Å². The molecule has 1 unspecified atom stereocenters. The van der Waals surface area contributed by atoms with Gasteiger partial charge in [-0.05, 0) is 36.2 Å². The van der Waals surface area contributed by atoms with Crippen LogP contribution in [0, 0.1) is 0 Å². The number of benzene rings is 2. The summed E-state index contributed by atoms with van der Waals surface area (Å²) in [7, 11) is 0. The lowest BCUT2D eigenvalue weighted by atomic mass is 10.0. The van der Waals surface area contributed by atoms with Gasteiger partial charge in [0.2, 0.25) is 0 Å². The van der Waals surface area contributed by atoms with Crippen LogP contribution in [0.2, 0.25) is 0 Å². The van der Waals surface area contributed by atoms with E-state index in [1.165, 1.54) is 0 Å². The van der Waals surface area contributed by atoms with Gasteiger partial charge in [0.15, 0.2) is 6.61 Å². The Morgan fingerprint density at radius 1 is 1.00 bits per heavy atom. The zero-order chi connectivity index (χ0) is 18.8. The summed E-state index contributed by atoms with van der Waals surface area (Å²) in [5, 5.41) is 11.8. The second-order valence-corrected chi connectivity index (χ2v) is 5.74. The monoisotopic (exact) mass is 357 g/mol. The zero-order valence-corrected chi connectivity index (χ0v) is 14.7. The van der Waals surface area contributed by atoms with Crippen molar-refractivity contribution in [3.8, 4) is 11.5 Å². The third-order valence-corrected chi connectivity index (χ3v) is 3.58. The van der Waals surface area contributed by atoms with Crippen LogP contribution in [-0.4, -0.2) is 30.2 Å². The maximum atomic E-state index is 12.1. The largest absolute Gasteiger partial charge is 0.494 e. The number of hydrogen-bond donors (Lipinski definition) is 2. The Labute approximate surface area is 152 Å². The molecular weight excluding hydrogens is 334 g/mol. The smallest absolute Gasteiger partial charge is 0.305 e. The van der Waals surface area contributed by atoms with Gasteiger partial charge in [-0.15, -0.1) is 0 Å². The molecular formula is C20H23NO5. The summed E-state index contributed by atoms with van der Waals surface area (Å²) in [5.74, 6) is -0.0877. The number of ether oxygens (including phenoxy) is 2. The molecule has 2 N–H and O–H groups in total. The van der Waals surface area contributed by atoms with Gasteiger partial charge in [-0.1, -0.05) is 37.3 Å². The van der Waals surface area contributed by atoms with Crippen molar-refractivity contribution in [2.75, 3.05) is 13.2 Å². The van der Waals surface area contributed by atoms with Gasteiger partial charge in [-0.3, -0.25) is 9.59 Å². The molecule has 1 amide bonds. The second-order valence-electron chi connectivity index (χ2n) is 5.74. The molecule has 0 saturated carbocycles. The van der Waals surface area contributed by atoms with Crippen molar-refractivity contribution < 1.29 is 24.2 Å². The topological polar surface area (TPSA) is 84.9 Å². The van der Waals surface area contributed by atoms with Gasteiger partial charge < -0.3 is 19.9 Å². The van der Waals surface area contributed by atoms with Crippen molar-refractivity contribution in [3.05, 3.63) is 60.2 Å². The highest BCUT2D eigenvalue weighted by Crippen LogP contribution is 2.21. The molecule has 6 heteroatoms. The lowest BCUT2D eigenvalue weighted by Gasteiger charge is -2.18. The summed E-state index contributed by atoms with van der Waals surface area (Å²) in [5.41, 5.74) is 0.698. The number of para-hydroxylation sites is 1. The molecule has 0 aliphatic carbocycles. The number of carbonyl (C=O) groups excluding carboxylic acids is 1. The highest BCUT2D eigenvalue weighted by molar-refractivity contribution is 5.79. The van der Waals surface area contributed by atoms with Crippen LogP contribution >= 0.6 is 0 Å². The third-order valence-electron chi connectivity index (χ3n) is 3.58. The first-order chi connectivity index (χ1) is 12.6. The molecule has 0 radical (unpaired) electrons. The molecule has 0 spiro atoms. The number of carboxylic acid groups (broad SMARTS) is 1. The van der Waals surface area contributed by atoms with Gasteiger partial charge in [0.1, 0.15) is 11.5 Å². The molecule has 26 heavy (non-hydrogen) atoms. The van der Waals surface area contributed by atoms with Crippen molar-refractivity contribution in [1.82, 2.24) is 5.32 Å². The predicted octanol–water partition coefficient (Wildman–Crippen LogP) is 3.19. The first kappa shape index (κ1) is 19.3. The van der Waals surface area contributed by atoms with Crippen molar-refractivity contribution in [3.63, 3.8) is 0 Å². The molecule has 2 aromatic rings. The number of aliphatic carboxylic acids is 1. The third kappa shape index (κ3) is 6.47. The van der Waals surface area contributed by atoms with Crippen LogP contribution in [0.1, 0.15) is 31.4 Å². The molecule has 0 aliphatic rings. The first-order valence-corrected chi connectivity index (χ1v) is 8.50. The van der Waals surface area contributed by atoms with E-state index in [1.807, 2.05) is 25.1 Å². The van der Waals surface area contributed by atoms with Crippen LogP contribution in [0.3, 0.4) is 0 Å². The molecule has 6 nitrogen and oxygen atoms in total. The van der Waals surface area contributed by atoms with E-state index in [9.17, 15) is 9.59 Å². The van der Waals surface area contributed by atoms with Gasteiger partial charge in [-0.2, -0.15) is 0 Å². The Bertz CT molecular complexity index is 700. The zero-order valence-electron chi connectivity index (χ0n) is 14.7. The van der Waals surface area contributed by atoms with E-state index < -0.39 is 12.0 Å². The predicted molar refractivity (Wildman–Crippen MR) is 97.3 cm³/mol. The summed E-state index contributed by atoms with van der Waals surface area (Å²) >= 11 is 0. The molecule has 0 saturated heterocycles. The fraction of sp³-hybridized carbons (Fsp3) is 0.300. The number of nitrogens with one attached hydrogen (secondary N) is 1. The molecule has 0 heterocycles. The minimum Gasteiger partial charge on any atom is -0.494 e. The van der Waals surface area contributed by atoms with Crippen LogP contribution in [0.25, 0.3) is 0 Å². The average Bonchev–Trinajstić information content (AvgIpc) is 2.65. The normalized spacial score (nSPS) is 11.4. The maximum Gasteiger partial charge on any atom is 0.305 e. The Balaban J connectivity index is 1.97. The van der Waals surface area contributed by atoms with E-state index in [0.29, 0.717) is 23.7 Å². The number of rotatable bonds is 10. The summed E-state index contributed by atoms with van der Waals surface area (Å²) in [6, 6.07) is 15.4. The average molecular weight is 357 g/mol. The molecule has 0 fully saturated rings. The number of carboxylic acids is 1. The van der Waals surface area contributed by atoms with Crippen molar-refractivity contribution in [2.24, 2.45) is 0 Å². The molecule has 0 aromatic heterocycles. The van der Waals surface area contributed by atoms with E-state index in [0.717, 1.165) is 6.42 Å². The number of hydrogen-bond acceptors (Lipinski definition) is 4. The minimum absolute atomic E-state index is 0.183. The standard InChI is InChI=1S/C20H23NO5/c1-2-12-25-17-10-8-15(9-11-17)18(13-20(23)24)21-19(22)14-26-16-6-4-3-5-7-16/h3-11,18H,2,12-14H2,1H3,(H,21,22)(H,23,24). The minimum atomic E-state index is -0.995. The highest BCUT2D eigenvalue weighted by Gasteiger charge is 2.18. The van der Waals surface area contributed by atoms with E-state index in [2.05, 4.69) is 5.32 Å². The Morgan fingerprint density at radius 3 is 2.27 bits per heavy atom. The fourth-order valence-electron chi connectivity index (χ4n) is 2.34. The molecule has 138 valence electrons. The molecule has 2 aromatic carbocycles. The second kappa shape index (κ2) is 10.1. The quantitative estimate of drug-likeness (QED) is 0.682. The van der Waals surface area contributed by atoms with E-state index in [1.54, 1.807) is 36.4 Å². The van der Waals surface area contributed by atoms with Crippen LogP contribution in [0.15, 0.2) is 54.6 Å². The van der Waals surface area contributed by atoms with Gasteiger partial charge in [0, 0.05) is 0 Å². The Kier molecular flexibility index (Phi) is 7.49. The van der Waals surface area contributed by atoms with Crippen LogP contribution in [-0.2, 0) is 9.59 Å². The molecule has 1 atom stereocenters. The summed E-state index contributed by atoms with van der Waals surface area (Å²) in [6.07, 6.45) is 0.688. The number of carbonyl (C=O) groups is 2. The summed E-state index contributed by atoms with van der Waals surface area (Å²) < 4.78 is 10.9. The van der Waals surface area contributed by atoms with Crippen molar-refractivity contribution in [1.29, 1.82) is 0 Å². The highest BCUT2D eigenvalue weighted by atomic mass is 16.5. The van der Waals surface area contributed by atoms with Crippen LogP contribution in [0.5, 0.6) is 11.5 Å². The molecule has 0 bridgehead atoms. The van der Waals surface area contributed by atoms with E-state index in [-0.39, 0.29) is 18.9 Å². The van der Waals surface area contributed by atoms with Gasteiger partial charge in [0.05, 0.1) is 19.1 Å². The van der Waals surface area contributed by atoms with Gasteiger partial charge >= 0.3 is 5.97 Å². The van der Waals surface area contributed by atoms with Gasteiger partial charge in [0.25, 0.3) is 5.91 Å². The molecule has 2 rings (SSSR count). The van der Waals surface area contributed by atoms with E-state index >= 15 is 0 Å². The van der Waals surface area contributed by atoms with Crippen LogP contribution in [0.4, 0.5) is 0 Å². The lowest BCUT2D eigenvalue weighted by Crippen LogP contribution is -2.33. The Morgan fingerprint density at radius 2 is 1.65 bits per heavy atom. The number of amides is 1. The van der Waals surface area contributed by atoms with Crippen molar-refractivity contribution >= 4 is 11.9 Å². The van der Waals surface area contributed by atoms with E-state index in [4.69, 9.17) is 14.6 Å². The van der Waals surface area contributed by atoms with Crippen LogP contribution < -0.4 is 14.8 Å². The SMILES string of the molecule is CCCOc1ccc(C(CC(=O)O)NC(=O)COc2ccccc2)cc1. The van der Waals surface area contributed by atoms with Crippen molar-refractivity contribution in [2.45, 2.75) is 25.8 Å². The maximum absolute atomic E-state index is 12.1.